The molecule has 122 valence electrons. The van der Waals surface area contributed by atoms with Crippen LogP contribution in [0.25, 0.3) is 0 Å². The van der Waals surface area contributed by atoms with Gasteiger partial charge in [0.15, 0.2) is 0 Å². The molecule has 0 radical (unpaired) electrons. The summed E-state index contributed by atoms with van der Waals surface area (Å²) in [6.07, 6.45) is 8.84. The molecule has 0 unspecified atom stereocenters. The van der Waals surface area contributed by atoms with Crippen molar-refractivity contribution >= 4 is 0 Å². The number of rotatable bonds is 1. The largest absolute Gasteiger partial charge is 0.393 e. The summed E-state index contributed by atoms with van der Waals surface area (Å²) in [7, 11) is 0. The molecule has 0 bridgehead atoms. The molecule has 3 fully saturated rings. The smallest absolute Gasteiger partial charge is 0.0600 e. The zero-order valence-corrected chi connectivity index (χ0v) is 13.5. The van der Waals surface area contributed by atoms with Gasteiger partial charge < -0.3 is 15.3 Å². The summed E-state index contributed by atoms with van der Waals surface area (Å²) < 4.78 is 0. The molecule has 0 aromatic carbocycles. The minimum atomic E-state index is -0.362. The first-order chi connectivity index (χ1) is 10.4. The SMILES string of the molecule is C=C1CC[C@@H](O)CC1=CC=C1C[C@H](O)C[C@]2(C)[C@H](O)CC[C@@H]12. The Morgan fingerprint density at radius 1 is 1.05 bits per heavy atom. The van der Waals surface area contributed by atoms with E-state index >= 15 is 0 Å². The highest BCUT2D eigenvalue weighted by atomic mass is 16.3. The predicted molar refractivity (Wildman–Crippen MR) is 87.2 cm³/mol. The van der Waals surface area contributed by atoms with Crippen LogP contribution in [0.4, 0.5) is 0 Å². The summed E-state index contributed by atoms with van der Waals surface area (Å²) in [6, 6.07) is 0. The van der Waals surface area contributed by atoms with Crippen LogP contribution in [0.2, 0.25) is 0 Å². The van der Waals surface area contributed by atoms with Gasteiger partial charge >= 0.3 is 0 Å². The first-order valence-electron chi connectivity index (χ1n) is 8.52. The van der Waals surface area contributed by atoms with Crippen LogP contribution >= 0.6 is 0 Å². The minimum absolute atomic E-state index is 0.189. The first-order valence-corrected chi connectivity index (χ1v) is 8.52. The van der Waals surface area contributed by atoms with Crippen molar-refractivity contribution in [1.29, 1.82) is 0 Å². The predicted octanol–water partition coefficient (Wildman–Crippen LogP) is 2.87. The van der Waals surface area contributed by atoms with Crippen LogP contribution in [0.1, 0.15) is 51.9 Å². The van der Waals surface area contributed by atoms with Crippen molar-refractivity contribution < 1.29 is 15.3 Å². The van der Waals surface area contributed by atoms with Crippen LogP contribution in [0.5, 0.6) is 0 Å². The zero-order valence-electron chi connectivity index (χ0n) is 13.5. The van der Waals surface area contributed by atoms with E-state index in [1.807, 2.05) is 0 Å². The molecule has 0 aromatic heterocycles. The lowest BCUT2D eigenvalue weighted by Crippen LogP contribution is -2.41. The van der Waals surface area contributed by atoms with Gasteiger partial charge in [-0.25, -0.2) is 0 Å². The fourth-order valence-electron chi connectivity index (χ4n) is 4.68. The van der Waals surface area contributed by atoms with Gasteiger partial charge in [-0.3, -0.25) is 0 Å². The number of hydrogen-bond donors (Lipinski definition) is 3. The third kappa shape index (κ3) is 2.82. The van der Waals surface area contributed by atoms with Crippen LogP contribution in [0, 0.1) is 11.3 Å². The Morgan fingerprint density at radius 2 is 1.82 bits per heavy atom. The zero-order chi connectivity index (χ0) is 15.9. The van der Waals surface area contributed by atoms with Crippen molar-refractivity contribution in [2.24, 2.45) is 11.3 Å². The molecule has 22 heavy (non-hydrogen) atoms. The molecular formula is C19H28O3. The Hall–Kier alpha value is -0.900. The van der Waals surface area contributed by atoms with Gasteiger partial charge in [-0.15, -0.1) is 0 Å². The van der Waals surface area contributed by atoms with Gasteiger partial charge in [-0.1, -0.05) is 36.8 Å². The molecular weight excluding hydrogens is 276 g/mol. The molecule has 0 amide bonds. The van der Waals surface area contributed by atoms with E-state index in [1.54, 1.807) is 0 Å². The fourth-order valence-corrected chi connectivity index (χ4v) is 4.68. The Morgan fingerprint density at radius 3 is 2.59 bits per heavy atom. The van der Waals surface area contributed by atoms with Crippen molar-refractivity contribution in [3.63, 3.8) is 0 Å². The number of allylic oxidation sites excluding steroid dienone is 3. The lowest BCUT2D eigenvalue weighted by Gasteiger charge is -2.42. The second-order valence-corrected chi connectivity index (χ2v) is 7.65. The van der Waals surface area contributed by atoms with E-state index in [4.69, 9.17) is 0 Å². The average Bonchev–Trinajstić information content (AvgIpc) is 2.75. The van der Waals surface area contributed by atoms with Crippen molar-refractivity contribution in [2.45, 2.75) is 70.2 Å². The summed E-state index contributed by atoms with van der Waals surface area (Å²) in [5, 5.41) is 30.3. The van der Waals surface area contributed by atoms with Gasteiger partial charge in [-0.05, 0) is 56.4 Å². The summed E-state index contributed by atoms with van der Waals surface area (Å²) in [4.78, 5) is 0. The maximum Gasteiger partial charge on any atom is 0.0600 e. The Labute approximate surface area is 133 Å². The van der Waals surface area contributed by atoms with E-state index in [9.17, 15) is 15.3 Å². The molecule has 3 heteroatoms. The summed E-state index contributed by atoms with van der Waals surface area (Å²) in [6.45, 7) is 6.22. The summed E-state index contributed by atoms with van der Waals surface area (Å²) in [5.41, 5.74) is 3.31. The van der Waals surface area contributed by atoms with E-state index < -0.39 is 0 Å². The highest BCUT2D eigenvalue weighted by Crippen LogP contribution is 2.54. The van der Waals surface area contributed by atoms with Gasteiger partial charge in [0.2, 0.25) is 0 Å². The Bertz CT molecular complexity index is 519. The molecule has 3 nitrogen and oxygen atoms in total. The van der Waals surface area contributed by atoms with E-state index in [0.29, 0.717) is 25.2 Å². The fraction of sp³-hybridized carbons (Fsp3) is 0.684. The normalized spacial score (nSPS) is 46.3. The van der Waals surface area contributed by atoms with Crippen LogP contribution in [-0.2, 0) is 0 Å². The molecule has 3 N–H and O–H groups in total. The number of aliphatic hydroxyl groups is 3. The highest BCUT2D eigenvalue weighted by molar-refractivity contribution is 5.36. The van der Waals surface area contributed by atoms with Crippen molar-refractivity contribution in [1.82, 2.24) is 0 Å². The van der Waals surface area contributed by atoms with Gasteiger partial charge in [0.25, 0.3) is 0 Å². The summed E-state index contributed by atoms with van der Waals surface area (Å²) in [5.74, 6) is 0.365. The molecule has 3 saturated carbocycles. The van der Waals surface area contributed by atoms with Crippen LogP contribution in [-0.4, -0.2) is 33.6 Å². The molecule has 0 aromatic rings. The first kappa shape index (κ1) is 16.0. The topological polar surface area (TPSA) is 60.7 Å². The molecule has 0 heterocycles. The second kappa shape index (κ2) is 5.95. The average molecular weight is 304 g/mol. The Balaban J connectivity index is 1.85. The van der Waals surface area contributed by atoms with E-state index in [2.05, 4.69) is 25.7 Å². The van der Waals surface area contributed by atoms with Crippen molar-refractivity contribution in [3.05, 3.63) is 35.5 Å². The van der Waals surface area contributed by atoms with Gasteiger partial charge in [-0.2, -0.15) is 0 Å². The summed E-state index contributed by atoms with van der Waals surface area (Å²) >= 11 is 0. The standard InChI is InChI=1S/C19H28O3/c1-12-3-6-15(20)9-13(12)4-5-14-10-16(21)11-19(2)17(14)7-8-18(19)22/h4-5,15-18,20-22H,1,3,6-11H2,2H3/t15-,16+,17+,18-,19+/m1/s1. The number of aliphatic hydroxyl groups excluding tert-OH is 3. The van der Waals surface area contributed by atoms with Crippen molar-refractivity contribution in [3.8, 4) is 0 Å². The highest BCUT2D eigenvalue weighted by Gasteiger charge is 2.50. The third-order valence-electron chi connectivity index (χ3n) is 6.07. The Kier molecular flexibility index (Phi) is 4.32. The van der Waals surface area contributed by atoms with E-state index in [1.165, 1.54) is 5.57 Å². The maximum atomic E-state index is 10.3. The third-order valence-corrected chi connectivity index (χ3v) is 6.07. The monoisotopic (exact) mass is 304 g/mol. The van der Waals surface area contributed by atoms with Gasteiger partial charge in [0, 0.05) is 5.41 Å². The number of hydrogen-bond acceptors (Lipinski definition) is 3. The van der Waals surface area contributed by atoms with Crippen molar-refractivity contribution in [2.75, 3.05) is 0 Å². The molecule has 0 spiro atoms. The van der Waals surface area contributed by atoms with Crippen LogP contribution in [0.15, 0.2) is 35.5 Å². The lowest BCUT2D eigenvalue weighted by molar-refractivity contribution is -0.0155. The van der Waals surface area contributed by atoms with E-state index in [-0.39, 0.29) is 23.7 Å². The van der Waals surface area contributed by atoms with Crippen LogP contribution in [0.3, 0.4) is 0 Å². The lowest BCUT2D eigenvalue weighted by atomic mass is 9.65. The quantitative estimate of drug-likeness (QED) is 0.698. The molecule has 5 atom stereocenters. The van der Waals surface area contributed by atoms with Gasteiger partial charge in [0.1, 0.15) is 0 Å². The maximum absolute atomic E-state index is 10.3. The molecule has 3 aliphatic carbocycles. The molecule has 3 rings (SSSR count). The molecule has 0 aliphatic heterocycles. The van der Waals surface area contributed by atoms with E-state index in [0.717, 1.165) is 36.8 Å². The minimum Gasteiger partial charge on any atom is -0.393 e. The van der Waals surface area contributed by atoms with Crippen LogP contribution < -0.4 is 0 Å². The van der Waals surface area contributed by atoms with Gasteiger partial charge in [0.05, 0.1) is 18.3 Å². The number of fused-ring (bicyclic) bond motifs is 1. The molecule has 0 saturated heterocycles. The second-order valence-electron chi connectivity index (χ2n) is 7.65. The molecule has 3 aliphatic rings.